The Morgan fingerprint density at radius 1 is 1.37 bits per heavy atom. The number of hydrogen-bond acceptors (Lipinski definition) is 4. The number of benzene rings is 1. The molecule has 1 heterocycles. The van der Waals surface area contributed by atoms with Crippen molar-refractivity contribution in [2.24, 2.45) is 4.99 Å². The van der Waals surface area contributed by atoms with Crippen molar-refractivity contribution >= 4 is 35.8 Å². The zero-order chi connectivity index (χ0) is 18.9. The average molecular weight is 490 g/mol. The highest BCUT2D eigenvalue weighted by atomic mass is 127. The van der Waals surface area contributed by atoms with Gasteiger partial charge in [0.05, 0.1) is 26.3 Å². The first-order chi connectivity index (χ1) is 12.5. The summed E-state index contributed by atoms with van der Waals surface area (Å²) in [6.45, 7) is 7.46. The molecule has 1 atom stereocenters. The van der Waals surface area contributed by atoms with Crippen molar-refractivity contribution < 1.29 is 14.3 Å². The lowest BCUT2D eigenvalue weighted by molar-refractivity contribution is -0.120. The van der Waals surface area contributed by atoms with E-state index in [1.807, 2.05) is 0 Å². The third-order valence-electron chi connectivity index (χ3n) is 4.39. The number of hydrogen-bond donors (Lipinski definition) is 2. The highest BCUT2D eigenvalue weighted by molar-refractivity contribution is 14.0. The summed E-state index contributed by atoms with van der Waals surface area (Å²) in [7, 11) is 3.34. The number of nitrogens with zero attached hydrogens (tertiary/aromatic N) is 2. The van der Waals surface area contributed by atoms with E-state index in [0.29, 0.717) is 32.3 Å². The Morgan fingerprint density at radius 3 is 2.81 bits per heavy atom. The maximum absolute atomic E-state index is 11.9. The lowest BCUT2D eigenvalue weighted by Gasteiger charge is -2.35. The summed E-state index contributed by atoms with van der Waals surface area (Å²) in [6, 6.07) is 6.43. The minimum absolute atomic E-state index is 0. The Hall–Kier alpha value is -1.39. The summed E-state index contributed by atoms with van der Waals surface area (Å²) in [5.74, 6) is 0.632. The number of aliphatic imine (C=N–C) groups is 1. The van der Waals surface area contributed by atoms with Crippen LogP contribution in [0.5, 0.6) is 0 Å². The van der Waals surface area contributed by atoms with Gasteiger partial charge >= 0.3 is 0 Å². The Labute approximate surface area is 178 Å². The molecule has 1 aromatic rings. The first-order valence-electron chi connectivity index (χ1n) is 8.95. The highest BCUT2D eigenvalue weighted by Gasteiger charge is 2.25. The van der Waals surface area contributed by atoms with E-state index in [1.165, 1.54) is 16.7 Å². The SMILES string of the molecule is CN=C(NCC(=O)NCCOC)N1CCOC(c2ccc(C)cc2C)C1.I. The van der Waals surface area contributed by atoms with Gasteiger partial charge in [0.15, 0.2) is 5.96 Å². The van der Waals surface area contributed by atoms with Gasteiger partial charge in [-0.2, -0.15) is 0 Å². The van der Waals surface area contributed by atoms with E-state index in [9.17, 15) is 4.79 Å². The van der Waals surface area contributed by atoms with Gasteiger partial charge in [0.25, 0.3) is 0 Å². The van der Waals surface area contributed by atoms with Crippen molar-refractivity contribution in [2.45, 2.75) is 20.0 Å². The number of ether oxygens (including phenoxy) is 2. The third kappa shape index (κ3) is 7.27. The summed E-state index contributed by atoms with van der Waals surface area (Å²) in [6.07, 6.45) is -0.00145. The number of nitrogens with one attached hydrogen (secondary N) is 2. The third-order valence-corrected chi connectivity index (χ3v) is 4.39. The molecule has 1 fully saturated rings. The second-order valence-electron chi connectivity index (χ2n) is 6.41. The summed E-state index contributed by atoms with van der Waals surface area (Å²) in [5.41, 5.74) is 3.68. The van der Waals surface area contributed by atoms with Gasteiger partial charge in [0.2, 0.25) is 5.91 Å². The average Bonchev–Trinajstić information content (AvgIpc) is 2.63. The Kier molecular flexibility index (Phi) is 10.6. The summed E-state index contributed by atoms with van der Waals surface area (Å²) in [5, 5.41) is 5.92. The molecule has 2 N–H and O–H groups in total. The van der Waals surface area contributed by atoms with Gasteiger partial charge in [-0.3, -0.25) is 9.79 Å². The molecule has 7 nitrogen and oxygen atoms in total. The minimum atomic E-state index is -0.0811. The van der Waals surface area contributed by atoms with Gasteiger partial charge in [-0.05, 0) is 25.0 Å². The van der Waals surface area contributed by atoms with E-state index in [1.54, 1.807) is 14.2 Å². The van der Waals surface area contributed by atoms with E-state index in [-0.39, 0.29) is 42.5 Å². The van der Waals surface area contributed by atoms with Gasteiger partial charge in [-0.25, -0.2) is 0 Å². The predicted octanol–water partition coefficient (Wildman–Crippen LogP) is 1.63. The molecule has 1 aliphatic heterocycles. The van der Waals surface area contributed by atoms with Crippen molar-refractivity contribution in [2.75, 3.05) is 53.6 Å². The van der Waals surface area contributed by atoms with Crippen molar-refractivity contribution in [3.8, 4) is 0 Å². The molecule has 1 aliphatic rings. The number of guanidine groups is 1. The molecular formula is C19H31IN4O3. The van der Waals surface area contributed by atoms with Crippen LogP contribution in [0.1, 0.15) is 22.8 Å². The number of carbonyl (C=O) groups excluding carboxylic acids is 1. The molecular weight excluding hydrogens is 459 g/mol. The van der Waals surface area contributed by atoms with Gasteiger partial charge in [0.1, 0.15) is 6.10 Å². The van der Waals surface area contributed by atoms with Crippen LogP contribution in [0.2, 0.25) is 0 Å². The Bertz CT molecular complexity index is 639. The van der Waals surface area contributed by atoms with Crippen LogP contribution in [0.3, 0.4) is 0 Å². The van der Waals surface area contributed by atoms with E-state index < -0.39 is 0 Å². The topological polar surface area (TPSA) is 75.2 Å². The van der Waals surface area contributed by atoms with Gasteiger partial charge in [-0.1, -0.05) is 23.8 Å². The quantitative estimate of drug-likeness (QED) is 0.275. The molecule has 1 amide bonds. The molecule has 1 unspecified atom stereocenters. The molecule has 1 aromatic carbocycles. The first-order valence-corrected chi connectivity index (χ1v) is 8.95. The molecule has 152 valence electrons. The zero-order valence-electron chi connectivity index (χ0n) is 16.6. The predicted molar refractivity (Wildman–Crippen MR) is 118 cm³/mol. The summed E-state index contributed by atoms with van der Waals surface area (Å²) >= 11 is 0. The van der Waals surface area contributed by atoms with Crippen LogP contribution in [-0.4, -0.2) is 70.3 Å². The monoisotopic (exact) mass is 490 g/mol. The van der Waals surface area contributed by atoms with Crippen LogP contribution in [0.15, 0.2) is 23.2 Å². The molecule has 0 radical (unpaired) electrons. The molecule has 27 heavy (non-hydrogen) atoms. The van der Waals surface area contributed by atoms with Crippen LogP contribution >= 0.6 is 24.0 Å². The van der Waals surface area contributed by atoms with Gasteiger partial charge in [0, 0.05) is 27.2 Å². The van der Waals surface area contributed by atoms with Crippen molar-refractivity contribution in [1.82, 2.24) is 15.5 Å². The number of rotatable bonds is 6. The lowest BCUT2D eigenvalue weighted by atomic mass is 10.00. The number of carbonyl (C=O) groups is 1. The van der Waals surface area contributed by atoms with Gasteiger partial charge in [-0.15, -0.1) is 24.0 Å². The summed E-state index contributed by atoms with van der Waals surface area (Å²) < 4.78 is 10.9. The maximum atomic E-state index is 11.9. The van der Waals surface area contributed by atoms with Crippen LogP contribution in [-0.2, 0) is 14.3 Å². The van der Waals surface area contributed by atoms with Crippen LogP contribution < -0.4 is 10.6 Å². The molecule has 0 bridgehead atoms. The van der Waals surface area contributed by atoms with Crippen LogP contribution in [0.4, 0.5) is 0 Å². The molecule has 0 aliphatic carbocycles. The summed E-state index contributed by atoms with van der Waals surface area (Å²) in [4.78, 5) is 18.3. The largest absolute Gasteiger partial charge is 0.383 e. The zero-order valence-corrected chi connectivity index (χ0v) is 18.9. The lowest BCUT2D eigenvalue weighted by Crippen LogP contribution is -2.50. The number of halogens is 1. The fourth-order valence-electron chi connectivity index (χ4n) is 3.06. The smallest absolute Gasteiger partial charge is 0.239 e. The van der Waals surface area contributed by atoms with Gasteiger partial charge < -0.3 is 25.0 Å². The molecule has 8 heteroatoms. The number of amides is 1. The van der Waals surface area contributed by atoms with Crippen LogP contribution in [0, 0.1) is 13.8 Å². The first kappa shape index (κ1) is 23.6. The van der Waals surface area contributed by atoms with Crippen molar-refractivity contribution in [3.63, 3.8) is 0 Å². The second-order valence-corrected chi connectivity index (χ2v) is 6.41. The second kappa shape index (κ2) is 12.1. The van der Waals surface area contributed by atoms with E-state index in [0.717, 1.165) is 6.54 Å². The Balaban J connectivity index is 0.00000364. The molecule has 0 spiro atoms. The Morgan fingerprint density at radius 2 is 2.15 bits per heavy atom. The number of methoxy groups -OCH3 is 1. The van der Waals surface area contributed by atoms with Crippen molar-refractivity contribution in [1.29, 1.82) is 0 Å². The van der Waals surface area contributed by atoms with Crippen LogP contribution in [0.25, 0.3) is 0 Å². The maximum Gasteiger partial charge on any atom is 0.239 e. The van der Waals surface area contributed by atoms with Crippen molar-refractivity contribution in [3.05, 3.63) is 34.9 Å². The fourth-order valence-corrected chi connectivity index (χ4v) is 3.06. The molecule has 0 aromatic heterocycles. The molecule has 0 saturated carbocycles. The standard InChI is InChI=1S/C19H30N4O3.HI/c1-14-5-6-16(15(2)11-14)17-13-23(8-10-26-17)19(20-3)22-12-18(24)21-7-9-25-4;/h5-6,11,17H,7-10,12-13H2,1-4H3,(H,20,22)(H,21,24);1H. The molecule has 2 rings (SSSR count). The minimum Gasteiger partial charge on any atom is -0.383 e. The fraction of sp³-hybridized carbons (Fsp3) is 0.579. The number of morpholine rings is 1. The van der Waals surface area contributed by atoms with E-state index in [2.05, 4.69) is 52.6 Å². The normalized spacial score (nSPS) is 17.3. The molecule has 1 saturated heterocycles. The van der Waals surface area contributed by atoms with E-state index in [4.69, 9.17) is 9.47 Å². The number of aryl methyl sites for hydroxylation is 2. The van der Waals surface area contributed by atoms with E-state index >= 15 is 0 Å². The highest BCUT2D eigenvalue weighted by Crippen LogP contribution is 2.25.